The van der Waals surface area contributed by atoms with E-state index in [1.165, 1.54) is 0 Å². The van der Waals surface area contributed by atoms with Crippen LogP contribution >= 0.6 is 11.3 Å². The summed E-state index contributed by atoms with van der Waals surface area (Å²) < 4.78 is 7.46. The van der Waals surface area contributed by atoms with Gasteiger partial charge in [0.1, 0.15) is 10.6 Å². The number of benzene rings is 1. The van der Waals surface area contributed by atoms with Crippen molar-refractivity contribution in [2.24, 2.45) is 12.8 Å². The summed E-state index contributed by atoms with van der Waals surface area (Å²) in [6, 6.07) is 8.11. The van der Waals surface area contributed by atoms with E-state index in [4.69, 9.17) is 15.5 Å². The molecule has 5 heteroatoms. The Morgan fingerprint density at radius 2 is 2.21 bits per heavy atom. The first-order valence-corrected chi connectivity index (χ1v) is 6.90. The van der Waals surface area contributed by atoms with Crippen LogP contribution in [0.1, 0.15) is 5.56 Å². The van der Waals surface area contributed by atoms with E-state index in [2.05, 4.69) is 10.6 Å². The number of thiophene rings is 1. The lowest BCUT2D eigenvalue weighted by atomic mass is 10.2. The van der Waals surface area contributed by atoms with Gasteiger partial charge in [-0.1, -0.05) is 6.07 Å². The Bertz CT molecular complexity index is 729. The van der Waals surface area contributed by atoms with Crippen LogP contribution in [0.25, 0.3) is 21.7 Å². The van der Waals surface area contributed by atoms with Crippen LogP contribution in [0, 0.1) is 0 Å². The molecule has 0 saturated heterocycles. The number of ether oxygens (including phenoxy) is 1. The normalized spacial score (nSPS) is 11.1. The van der Waals surface area contributed by atoms with Gasteiger partial charge in [0, 0.05) is 13.6 Å². The zero-order valence-corrected chi connectivity index (χ0v) is 11.7. The number of aromatic nitrogens is 2. The fourth-order valence-electron chi connectivity index (χ4n) is 2.20. The topological polar surface area (TPSA) is 53.1 Å². The third kappa shape index (κ3) is 1.91. The standard InChI is InChI=1S/C14H15N3OS/c1-17-11-4-3-9(8-15)7-10(11)16-14(17)13-12(18-2)5-6-19-13/h3-7H,8,15H2,1-2H3. The average molecular weight is 273 g/mol. The summed E-state index contributed by atoms with van der Waals surface area (Å²) in [6.07, 6.45) is 0. The molecule has 0 aliphatic carbocycles. The van der Waals surface area contributed by atoms with Crippen molar-refractivity contribution in [3.8, 4) is 16.5 Å². The molecule has 0 bridgehead atoms. The fraction of sp³-hybridized carbons (Fsp3) is 0.214. The minimum atomic E-state index is 0.532. The molecule has 0 aliphatic rings. The molecule has 1 aromatic carbocycles. The van der Waals surface area contributed by atoms with Crippen LogP contribution < -0.4 is 10.5 Å². The first kappa shape index (κ1) is 12.2. The number of hydrogen-bond donors (Lipinski definition) is 1. The highest BCUT2D eigenvalue weighted by molar-refractivity contribution is 7.13. The summed E-state index contributed by atoms with van der Waals surface area (Å²) in [4.78, 5) is 5.76. The van der Waals surface area contributed by atoms with E-state index >= 15 is 0 Å². The molecule has 0 amide bonds. The Morgan fingerprint density at radius 3 is 2.95 bits per heavy atom. The Labute approximate surface area is 115 Å². The van der Waals surface area contributed by atoms with Crippen LogP contribution in [-0.4, -0.2) is 16.7 Å². The molecular formula is C14H15N3OS. The lowest BCUT2D eigenvalue weighted by Crippen LogP contribution is -1.95. The monoisotopic (exact) mass is 273 g/mol. The third-order valence-corrected chi connectivity index (χ3v) is 4.12. The molecule has 98 valence electrons. The fourth-order valence-corrected chi connectivity index (χ4v) is 3.08. The van der Waals surface area contributed by atoms with Crippen LogP contribution in [-0.2, 0) is 13.6 Å². The number of fused-ring (bicyclic) bond motifs is 1. The van der Waals surface area contributed by atoms with E-state index in [0.29, 0.717) is 6.54 Å². The lowest BCUT2D eigenvalue weighted by molar-refractivity contribution is 0.418. The van der Waals surface area contributed by atoms with E-state index in [-0.39, 0.29) is 0 Å². The number of imidazole rings is 1. The SMILES string of the molecule is COc1ccsc1-c1nc2cc(CN)ccc2n1C. The zero-order valence-electron chi connectivity index (χ0n) is 10.9. The van der Waals surface area contributed by atoms with Crippen molar-refractivity contribution >= 4 is 22.4 Å². The molecule has 0 fully saturated rings. The second-order valence-electron chi connectivity index (χ2n) is 4.34. The number of hydrogen-bond acceptors (Lipinski definition) is 4. The summed E-state index contributed by atoms with van der Waals surface area (Å²) in [5, 5.41) is 2.01. The molecule has 0 atom stereocenters. The maximum atomic E-state index is 5.67. The van der Waals surface area contributed by atoms with E-state index < -0.39 is 0 Å². The summed E-state index contributed by atoms with van der Waals surface area (Å²) in [5.41, 5.74) is 8.83. The molecule has 0 unspecified atom stereocenters. The van der Waals surface area contributed by atoms with Crippen molar-refractivity contribution in [1.29, 1.82) is 0 Å². The molecule has 19 heavy (non-hydrogen) atoms. The third-order valence-electron chi connectivity index (χ3n) is 3.23. The number of nitrogens with zero attached hydrogens (tertiary/aromatic N) is 2. The van der Waals surface area contributed by atoms with Crippen molar-refractivity contribution in [1.82, 2.24) is 9.55 Å². The van der Waals surface area contributed by atoms with Crippen molar-refractivity contribution in [3.63, 3.8) is 0 Å². The molecule has 2 N–H and O–H groups in total. The van der Waals surface area contributed by atoms with Crippen molar-refractivity contribution in [2.45, 2.75) is 6.54 Å². The van der Waals surface area contributed by atoms with Gasteiger partial charge in [0.15, 0.2) is 5.82 Å². The van der Waals surface area contributed by atoms with E-state index in [9.17, 15) is 0 Å². The largest absolute Gasteiger partial charge is 0.495 e. The smallest absolute Gasteiger partial charge is 0.154 e. The first-order chi connectivity index (χ1) is 9.24. The van der Waals surface area contributed by atoms with E-state index in [0.717, 1.165) is 33.0 Å². The van der Waals surface area contributed by atoms with Crippen molar-refractivity contribution in [2.75, 3.05) is 7.11 Å². The molecule has 0 aliphatic heterocycles. The molecule has 0 radical (unpaired) electrons. The summed E-state index contributed by atoms with van der Waals surface area (Å²) in [6.45, 7) is 0.532. The second kappa shape index (κ2) is 4.68. The first-order valence-electron chi connectivity index (χ1n) is 6.02. The summed E-state index contributed by atoms with van der Waals surface area (Å²) >= 11 is 1.63. The molecular weight excluding hydrogens is 258 g/mol. The van der Waals surface area contributed by atoms with Gasteiger partial charge in [-0.2, -0.15) is 0 Å². The molecule has 3 aromatic rings. The highest BCUT2D eigenvalue weighted by atomic mass is 32.1. The molecule has 2 aromatic heterocycles. The maximum Gasteiger partial charge on any atom is 0.154 e. The van der Waals surface area contributed by atoms with Gasteiger partial charge in [-0.3, -0.25) is 0 Å². The van der Waals surface area contributed by atoms with Gasteiger partial charge in [-0.05, 0) is 29.1 Å². The Kier molecular flexibility index (Phi) is 3.00. The summed E-state index contributed by atoms with van der Waals surface area (Å²) in [7, 11) is 3.70. The van der Waals surface area contributed by atoms with Gasteiger partial charge in [0.05, 0.1) is 18.1 Å². The van der Waals surface area contributed by atoms with Crippen molar-refractivity contribution in [3.05, 3.63) is 35.2 Å². The van der Waals surface area contributed by atoms with Crippen LogP contribution in [0.4, 0.5) is 0 Å². The van der Waals surface area contributed by atoms with Gasteiger partial charge >= 0.3 is 0 Å². The zero-order chi connectivity index (χ0) is 13.4. The molecule has 2 heterocycles. The minimum Gasteiger partial charge on any atom is -0.495 e. The quantitative estimate of drug-likeness (QED) is 0.798. The molecule has 4 nitrogen and oxygen atoms in total. The number of nitrogens with two attached hydrogens (primary N) is 1. The highest BCUT2D eigenvalue weighted by Gasteiger charge is 2.15. The van der Waals surface area contributed by atoms with Crippen molar-refractivity contribution < 1.29 is 4.74 Å². The van der Waals surface area contributed by atoms with Crippen LogP contribution in [0.2, 0.25) is 0 Å². The van der Waals surface area contributed by atoms with Gasteiger partial charge in [-0.25, -0.2) is 4.98 Å². The molecule has 3 rings (SSSR count). The molecule has 0 spiro atoms. The average Bonchev–Trinajstić information content (AvgIpc) is 3.02. The number of aryl methyl sites for hydroxylation is 1. The summed E-state index contributed by atoms with van der Waals surface area (Å²) in [5.74, 6) is 1.79. The minimum absolute atomic E-state index is 0.532. The number of rotatable bonds is 3. The van der Waals surface area contributed by atoms with Gasteiger partial charge in [-0.15, -0.1) is 11.3 Å². The van der Waals surface area contributed by atoms with E-state index in [1.807, 2.05) is 30.6 Å². The van der Waals surface area contributed by atoms with Crippen LogP contribution in [0.3, 0.4) is 0 Å². The van der Waals surface area contributed by atoms with Gasteiger partial charge in [0.25, 0.3) is 0 Å². The maximum absolute atomic E-state index is 5.67. The van der Waals surface area contributed by atoms with Crippen LogP contribution in [0.15, 0.2) is 29.6 Å². The predicted octanol–water partition coefficient (Wildman–Crippen LogP) is 2.77. The van der Waals surface area contributed by atoms with Crippen LogP contribution in [0.5, 0.6) is 5.75 Å². The second-order valence-corrected chi connectivity index (χ2v) is 5.26. The number of methoxy groups -OCH3 is 1. The van der Waals surface area contributed by atoms with Gasteiger partial charge in [0.2, 0.25) is 0 Å². The highest BCUT2D eigenvalue weighted by Crippen LogP contribution is 2.35. The lowest BCUT2D eigenvalue weighted by Gasteiger charge is -2.03. The van der Waals surface area contributed by atoms with Gasteiger partial charge < -0.3 is 15.0 Å². The Morgan fingerprint density at radius 1 is 1.37 bits per heavy atom. The predicted molar refractivity (Wildman–Crippen MR) is 78.5 cm³/mol. The Balaban J connectivity index is 2.22. The Hall–Kier alpha value is -1.85. The van der Waals surface area contributed by atoms with E-state index in [1.54, 1.807) is 18.4 Å². The molecule has 0 saturated carbocycles.